The molecule has 0 unspecified atom stereocenters. The van der Waals surface area contributed by atoms with Gasteiger partial charge in [-0.1, -0.05) is 20.8 Å². The number of carbonyl (C=O) groups is 1. The second kappa shape index (κ2) is 6.41. The van der Waals surface area contributed by atoms with Crippen molar-refractivity contribution in [3.8, 4) is 10.6 Å². The number of pyridine rings is 1. The molecule has 3 rings (SSSR count). The van der Waals surface area contributed by atoms with Gasteiger partial charge in [-0.05, 0) is 19.1 Å². The zero-order valence-corrected chi connectivity index (χ0v) is 15.6. The maximum absolute atomic E-state index is 12.6. The number of rotatable bonds is 3. The van der Waals surface area contributed by atoms with Gasteiger partial charge in [0.1, 0.15) is 9.88 Å². The van der Waals surface area contributed by atoms with Crippen LogP contribution in [0.4, 0.5) is 5.13 Å². The molecule has 24 heavy (non-hydrogen) atoms. The summed E-state index contributed by atoms with van der Waals surface area (Å²) in [5, 5.41) is 6.30. The molecule has 0 radical (unpaired) electrons. The number of carbonyl (C=O) groups excluding carboxylic acids is 1. The average Bonchev–Trinajstić information content (AvgIpc) is 3.14. The Bertz CT molecular complexity index is 862. The van der Waals surface area contributed by atoms with Crippen LogP contribution in [-0.2, 0) is 5.41 Å². The number of nitrogens with one attached hydrogen (secondary N) is 1. The Morgan fingerprint density at radius 2 is 1.88 bits per heavy atom. The average molecular weight is 358 g/mol. The topological polar surface area (TPSA) is 67.8 Å². The standard InChI is InChI=1S/C17H18N4OS2/c1-10-13(24-15(19-10)11-5-7-18-8-6-11)14(22)21-16-20-12(9-23-16)17(2,3)4/h5-9H,1-4H3,(H,20,21,22). The third-order valence-electron chi connectivity index (χ3n) is 3.42. The van der Waals surface area contributed by atoms with Crippen molar-refractivity contribution in [2.24, 2.45) is 0 Å². The van der Waals surface area contributed by atoms with Crippen LogP contribution in [-0.4, -0.2) is 20.9 Å². The van der Waals surface area contributed by atoms with Gasteiger partial charge < -0.3 is 0 Å². The van der Waals surface area contributed by atoms with Crippen LogP contribution in [0.2, 0.25) is 0 Å². The number of aryl methyl sites for hydroxylation is 1. The van der Waals surface area contributed by atoms with Crippen LogP contribution in [0.15, 0.2) is 29.9 Å². The highest BCUT2D eigenvalue weighted by Gasteiger charge is 2.20. The third-order valence-corrected chi connectivity index (χ3v) is 5.39. The first-order chi connectivity index (χ1) is 11.3. The molecule has 7 heteroatoms. The second-order valence-electron chi connectivity index (χ2n) is 6.41. The first-order valence-electron chi connectivity index (χ1n) is 7.50. The van der Waals surface area contributed by atoms with E-state index in [-0.39, 0.29) is 11.3 Å². The molecule has 0 aliphatic heterocycles. The van der Waals surface area contributed by atoms with E-state index in [0.717, 1.165) is 22.0 Å². The molecular formula is C17H18N4OS2. The highest BCUT2D eigenvalue weighted by Crippen LogP contribution is 2.30. The minimum atomic E-state index is -0.167. The van der Waals surface area contributed by atoms with E-state index in [1.165, 1.54) is 22.7 Å². The summed E-state index contributed by atoms with van der Waals surface area (Å²) in [5.41, 5.74) is 2.62. The fourth-order valence-electron chi connectivity index (χ4n) is 2.05. The van der Waals surface area contributed by atoms with E-state index in [1.54, 1.807) is 12.4 Å². The molecule has 0 saturated carbocycles. The van der Waals surface area contributed by atoms with Crippen molar-refractivity contribution in [3.63, 3.8) is 0 Å². The van der Waals surface area contributed by atoms with Gasteiger partial charge >= 0.3 is 0 Å². The van der Waals surface area contributed by atoms with Crippen LogP contribution >= 0.6 is 22.7 Å². The Hall–Kier alpha value is -2.12. The minimum absolute atomic E-state index is 0.0333. The first-order valence-corrected chi connectivity index (χ1v) is 9.19. The van der Waals surface area contributed by atoms with Crippen molar-refractivity contribution in [2.75, 3.05) is 5.32 Å². The first kappa shape index (κ1) is 16.7. The molecule has 3 heterocycles. The summed E-state index contributed by atoms with van der Waals surface area (Å²) in [6, 6.07) is 3.77. The molecular weight excluding hydrogens is 340 g/mol. The quantitative estimate of drug-likeness (QED) is 0.747. The van der Waals surface area contributed by atoms with Gasteiger partial charge in [0.15, 0.2) is 5.13 Å². The summed E-state index contributed by atoms with van der Waals surface area (Å²) in [7, 11) is 0. The lowest BCUT2D eigenvalue weighted by Gasteiger charge is -2.14. The molecule has 0 aliphatic carbocycles. The molecule has 3 aromatic rings. The predicted molar refractivity (Wildman–Crippen MR) is 98.8 cm³/mol. The van der Waals surface area contributed by atoms with Gasteiger partial charge in [0.2, 0.25) is 0 Å². The van der Waals surface area contributed by atoms with Crippen LogP contribution in [0.1, 0.15) is 41.8 Å². The van der Waals surface area contributed by atoms with Gasteiger partial charge in [0, 0.05) is 28.8 Å². The van der Waals surface area contributed by atoms with E-state index in [2.05, 4.69) is 41.0 Å². The fraction of sp³-hybridized carbons (Fsp3) is 0.294. The molecule has 3 aromatic heterocycles. The van der Waals surface area contributed by atoms with Crippen LogP contribution in [0.3, 0.4) is 0 Å². The summed E-state index contributed by atoms with van der Waals surface area (Å²) in [4.78, 5) is 26.2. The van der Waals surface area contributed by atoms with E-state index in [4.69, 9.17) is 0 Å². The van der Waals surface area contributed by atoms with Crippen molar-refractivity contribution in [1.29, 1.82) is 0 Å². The van der Waals surface area contributed by atoms with Crippen molar-refractivity contribution in [2.45, 2.75) is 33.1 Å². The molecule has 0 saturated heterocycles. The summed E-state index contributed by atoms with van der Waals surface area (Å²) >= 11 is 2.82. The zero-order valence-electron chi connectivity index (χ0n) is 14.0. The van der Waals surface area contributed by atoms with Crippen molar-refractivity contribution in [1.82, 2.24) is 15.0 Å². The van der Waals surface area contributed by atoms with Crippen LogP contribution in [0.5, 0.6) is 0 Å². The summed E-state index contributed by atoms with van der Waals surface area (Å²) in [6.45, 7) is 8.14. The predicted octanol–water partition coefficient (Wildman–Crippen LogP) is 4.52. The van der Waals surface area contributed by atoms with Crippen LogP contribution in [0.25, 0.3) is 10.6 Å². The molecule has 0 bridgehead atoms. The van der Waals surface area contributed by atoms with Crippen molar-refractivity contribution < 1.29 is 4.79 Å². The fourth-order valence-corrected chi connectivity index (χ4v) is 3.95. The van der Waals surface area contributed by atoms with Gasteiger partial charge in [0.25, 0.3) is 5.91 Å². The third kappa shape index (κ3) is 3.52. The Balaban J connectivity index is 1.81. The van der Waals surface area contributed by atoms with Gasteiger partial charge in [-0.25, -0.2) is 9.97 Å². The number of anilines is 1. The smallest absolute Gasteiger partial charge is 0.269 e. The molecule has 0 fully saturated rings. The Labute approximate surface area is 148 Å². The molecule has 5 nitrogen and oxygen atoms in total. The van der Waals surface area contributed by atoms with E-state index < -0.39 is 0 Å². The summed E-state index contributed by atoms with van der Waals surface area (Å²) in [6.07, 6.45) is 3.44. The van der Waals surface area contributed by atoms with Gasteiger partial charge in [0.05, 0.1) is 11.4 Å². The van der Waals surface area contributed by atoms with Gasteiger partial charge in [-0.3, -0.25) is 15.1 Å². The summed E-state index contributed by atoms with van der Waals surface area (Å²) < 4.78 is 0. The lowest BCUT2D eigenvalue weighted by Crippen LogP contribution is -2.14. The number of hydrogen-bond donors (Lipinski definition) is 1. The molecule has 0 aromatic carbocycles. The van der Waals surface area contributed by atoms with E-state index in [9.17, 15) is 4.79 Å². The van der Waals surface area contributed by atoms with Gasteiger partial charge in [-0.15, -0.1) is 22.7 Å². The molecule has 1 N–H and O–H groups in total. The van der Waals surface area contributed by atoms with Crippen LogP contribution in [0, 0.1) is 6.92 Å². The second-order valence-corrected chi connectivity index (χ2v) is 8.27. The summed E-state index contributed by atoms with van der Waals surface area (Å²) in [5.74, 6) is -0.167. The molecule has 0 spiro atoms. The Morgan fingerprint density at radius 3 is 2.50 bits per heavy atom. The normalized spacial score (nSPS) is 11.5. The monoisotopic (exact) mass is 358 g/mol. The minimum Gasteiger partial charge on any atom is -0.297 e. The van der Waals surface area contributed by atoms with E-state index in [1.807, 2.05) is 24.4 Å². The highest BCUT2D eigenvalue weighted by molar-refractivity contribution is 7.17. The highest BCUT2D eigenvalue weighted by atomic mass is 32.1. The largest absolute Gasteiger partial charge is 0.297 e. The SMILES string of the molecule is Cc1nc(-c2ccncc2)sc1C(=O)Nc1nc(C(C)(C)C)cs1. The number of hydrogen-bond acceptors (Lipinski definition) is 6. The maximum Gasteiger partial charge on any atom is 0.269 e. The Morgan fingerprint density at radius 1 is 1.17 bits per heavy atom. The lowest BCUT2D eigenvalue weighted by atomic mass is 9.93. The lowest BCUT2D eigenvalue weighted by molar-refractivity contribution is 0.102. The maximum atomic E-state index is 12.6. The molecule has 0 aliphatic rings. The van der Waals surface area contributed by atoms with Crippen molar-refractivity contribution in [3.05, 3.63) is 46.2 Å². The number of nitrogens with zero attached hydrogens (tertiary/aromatic N) is 3. The zero-order chi connectivity index (χ0) is 17.3. The molecule has 0 atom stereocenters. The number of amides is 1. The number of aromatic nitrogens is 3. The van der Waals surface area contributed by atoms with Crippen molar-refractivity contribution >= 4 is 33.7 Å². The molecule has 1 amide bonds. The van der Waals surface area contributed by atoms with Gasteiger partial charge in [-0.2, -0.15) is 0 Å². The Kier molecular flexibility index (Phi) is 4.47. The van der Waals surface area contributed by atoms with E-state index >= 15 is 0 Å². The van der Waals surface area contributed by atoms with Crippen LogP contribution < -0.4 is 5.32 Å². The molecule has 124 valence electrons. The number of thiazole rings is 2. The van der Waals surface area contributed by atoms with E-state index in [0.29, 0.717) is 10.0 Å².